The Labute approximate surface area is 289 Å². The van der Waals surface area contributed by atoms with Crippen molar-refractivity contribution in [2.75, 3.05) is 0 Å². The molecule has 0 heterocycles. The number of hydrogen-bond donors (Lipinski definition) is 0. The standard InChI is InChI=1S/C44H59NP2/c1-7-21-35(22-8-1)43(46(37-25-11-3-12-26-37)38-27-13-4-14-28-38)41-33-19-20-34-42(41)45-44(36-23-9-2-10-24-36)47(39-29-15-5-16-30-39)40-31-17-6-18-32-40/h1-2,7-10,19-24,33-34,37-40,42H,3-6,11-18,25-32H2. The maximum Gasteiger partial charge on any atom is 0.0947 e. The number of nitrogens with zero attached hydrogens (tertiary/aromatic N) is 1. The van der Waals surface area contributed by atoms with Crippen LogP contribution in [0, 0.1) is 0 Å². The van der Waals surface area contributed by atoms with Crippen molar-refractivity contribution < 1.29 is 0 Å². The predicted octanol–water partition coefficient (Wildman–Crippen LogP) is 13.6. The van der Waals surface area contributed by atoms with Gasteiger partial charge in [-0.1, -0.05) is 170 Å². The summed E-state index contributed by atoms with van der Waals surface area (Å²) in [6.07, 6.45) is 38.2. The average molecular weight is 664 g/mol. The molecule has 7 rings (SSSR count). The molecule has 5 aliphatic carbocycles. The van der Waals surface area contributed by atoms with E-state index in [4.69, 9.17) is 4.99 Å². The molecule has 0 amide bonds. The highest BCUT2D eigenvalue weighted by molar-refractivity contribution is 7.77. The zero-order valence-electron chi connectivity index (χ0n) is 29.0. The Kier molecular flexibility index (Phi) is 12.3. The third-order valence-electron chi connectivity index (χ3n) is 12.0. The maximum atomic E-state index is 6.12. The smallest absolute Gasteiger partial charge is 0.0947 e. The third kappa shape index (κ3) is 8.33. The number of rotatable bonds is 9. The lowest BCUT2D eigenvalue weighted by Gasteiger charge is -2.42. The molecule has 2 aromatic rings. The summed E-state index contributed by atoms with van der Waals surface area (Å²) in [5, 5.41) is 1.72. The van der Waals surface area contributed by atoms with Gasteiger partial charge in [0, 0.05) is 5.56 Å². The van der Waals surface area contributed by atoms with Crippen LogP contribution in [0.2, 0.25) is 0 Å². The largest absolute Gasteiger partial charge is 0.272 e. The minimum absolute atomic E-state index is 0.111. The quantitative estimate of drug-likeness (QED) is 0.187. The van der Waals surface area contributed by atoms with Crippen LogP contribution in [0.1, 0.15) is 140 Å². The molecule has 2 aromatic carbocycles. The second kappa shape index (κ2) is 17.2. The van der Waals surface area contributed by atoms with Crippen LogP contribution in [-0.4, -0.2) is 34.1 Å². The average Bonchev–Trinajstić information content (AvgIpc) is 3.16. The van der Waals surface area contributed by atoms with Gasteiger partial charge in [0.15, 0.2) is 0 Å². The van der Waals surface area contributed by atoms with Crippen LogP contribution in [0.15, 0.2) is 95.5 Å². The van der Waals surface area contributed by atoms with Crippen molar-refractivity contribution in [2.24, 2.45) is 4.99 Å². The van der Waals surface area contributed by atoms with E-state index in [1.807, 2.05) is 0 Å². The lowest BCUT2D eigenvalue weighted by Crippen LogP contribution is -2.26. The predicted molar refractivity (Wildman–Crippen MR) is 210 cm³/mol. The van der Waals surface area contributed by atoms with Gasteiger partial charge in [-0.3, -0.25) is 4.99 Å². The molecular formula is C44H59NP2. The van der Waals surface area contributed by atoms with Gasteiger partial charge in [0.1, 0.15) is 0 Å². The Hall–Kier alpha value is -1.81. The molecule has 0 N–H and O–H groups in total. The molecule has 47 heavy (non-hydrogen) atoms. The Bertz CT molecular complexity index is 1330. The lowest BCUT2D eigenvalue weighted by molar-refractivity contribution is 0.487. The van der Waals surface area contributed by atoms with E-state index in [9.17, 15) is 0 Å². The zero-order chi connectivity index (χ0) is 31.7. The van der Waals surface area contributed by atoms with E-state index < -0.39 is 0 Å². The first-order chi connectivity index (χ1) is 23.4. The van der Waals surface area contributed by atoms with Gasteiger partial charge >= 0.3 is 0 Å². The van der Waals surface area contributed by atoms with Gasteiger partial charge in [-0.2, -0.15) is 0 Å². The number of aliphatic imine (C=N–C) groups is 1. The van der Waals surface area contributed by atoms with Crippen LogP contribution in [0.4, 0.5) is 0 Å². The monoisotopic (exact) mass is 663 g/mol. The number of allylic oxidation sites excluding steroid dienone is 2. The first kappa shape index (κ1) is 33.7. The molecule has 1 atom stereocenters. The van der Waals surface area contributed by atoms with E-state index in [2.05, 4.69) is 85.0 Å². The van der Waals surface area contributed by atoms with Crippen LogP contribution in [0.25, 0.3) is 5.31 Å². The van der Waals surface area contributed by atoms with Gasteiger partial charge in [0.2, 0.25) is 0 Å². The molecule has 0 aliphatic heterocycles. The molecule has 4 saturated carbocycles. The summed E-state index contributed by atoms with van der Waals surface area (Å²) in [6.45, 7) is 0. The highest BCUT2D eigenvalue weighted by Crippen LogP contribution is 2.66. The second-order valence-electron chi connectivity index (χ2n) is 15.2. The molecule has 5 aliphatic rings. The highest BCUT2D eigenvalue weighted by Gasteiger charge is 2.38. The molecule has 0 saturated heterocycles. The molecule has 1 unspecified atom stereocenters. The summed E-state index contributed by atoms with van der Waals surface area (Å²) in [5.74, 6) is 0. The second-order valence-corrected chi connectivity index (χ2v) is 20.6. The van der Waals surface area contributed by atoms with Crippen LogP contribution in [-0.2, 0) is 0 Å². The molecule has 250 valence electrons. The highest BCUT2D eigenvalue weighted by atomic mass is 31.1. The Morgan fingerprint density at radius 1 is 0.468 bits per heavy atom. The van der Waals surface area contributed by atoms with E-state index in [0.717, 1.165) is 22.6 Å². The fourth-order valence-corrected chi connectivity index (χ4v) is 17.6. The summed E-state index contributed by atoms with van der Waals surface area (Å²) in [4.78, 5) is 6.12. The van der Waals surface area contributed by atoms with Crippen molar-refractivity contribution in [3.63, 3.8) is 0 Å². The summed E-state index contributed by atoms with van der Waals surface area (Å²) < 4.78 is 0. The number of hydrogen-bond acceptors (Lipinski definition) is 1. The SMILES string of the molecule is C1=CC(=C(c2ccccc2)P(C2CCCCC2)C2CCCCC2)C(N=C(c2ccccc2)P(C2CCCCC2)C2CCCCC2)C=C1. The third-order valence-corrected chi connectivity index (χ3v) is 19.1. The fourth-order valence-electron chi connectivity index (χ4n) is 9.68. The van der Waals surface area contributed by atoms with E-state index in [0.29, 0.717) is 0 Å². The summed E-state index contributed by atoms with van der Waals surface area (Å²) in [6, 6.07) is 23.4. The van der Waals surface area contributed by atoms with Crippen molar-refractivity contribution in [1.29, 1.82) is 0 Å². The first-order valence-electron chi connectivity index (χ1n) is 19.7. The van der Waals surface area contributed by atoms with Crippen LogP contribution in [0.3, 0.4) is 0 Å². The minimum atomic E-state index is -0.319. The summed E-state index contributed by atoms with van der Waals surface area (Å²) in [7, 11) is -0.594. The van der Waals surface area contributed by atoms with Gasteiger partial charge in [-0.15, -0.1) is 0 Å². The van der Waals surface area contributed by atoms with E-state index in [1.165, 1.54) is 151 Å². The van der Waals surface area contributed by atoms with Crippen molar-refractivity contribution in [2.45, 2.75) is 157 Å². The molecule has 0 aromatic heterocycles. The fraction of sp³-hybridized carbons (Fsp3) is 0.568. The van der Waals surface area contributed by atoms with E-state index >= 15 is 0 Å². The van der Waals surface area contributed by atoms with Crippen molar-refractivity contribution in [3.05, 3.63) is 102 Å². The Morgan fingerprint density at radius 3 is 1.36 bits per heavy atom. The molecule has 1 nitrogen and oxygen atoms in total. The lowest BCUT2D eigenvalue weighted by atomic mass is 9.98. The van der Waals surface area contributed by atoms with Crippen molar-refractivity contribution in [3.8, 4) is 0 Å². The molecule has 0 spiro atoms. The maximum absolute atomic E-state index is 6.12. The zero-order valence-corrected chi connectivity index (χ0v) is 30.7. The normalized spacial score (nSPS) is 25.5. The van der Waals surface area contributed by atoms with Gasteiger partial charge in [-0.05, 0) is 98.4 Å². The molecule has 0 bridgehead atoms. The molecule has 4 fully saturated rings. The molecular weight excluding hydrogens is 604 g/mol. The molecule has 3 heteroatoms. The Morgan fingerprint density at radius 2 is 0.894 bits per heavy atom. The minimum Gasteiger partial charge on any atom is -0.272 e. The molecule has 0 radical (unpaired) electrons. The first-order valence-corrected chi connectivity index (χ1v) is 22.7. The van der Waals surface area contributed by atoms with Crippen molar-refractivity contribution in [1.82, 2.24) is 0 Å². The number of benzene rings is 2. The van der Waals surface area contributed by atoms with E-state index in [-0.39, 0.29) is 21.9 Å². The van der Waals surface area contributed by atoms with Gasteiger partial charge in [-0.25, -0.2) is 0 Å². The van der Waals surface area contributed by atoms with Crippen molar-refractivity contribution >= 4 is 26.6 Å². The van der Waals surface area contributed by atoms with Crippen LogP contribution in [0.5, 0.6) is 0 Å². The topological polar surface area (TPSA) is 12.4 Å². The van der Waals surface area contributed by atoms with Gasteiger partial charge < -0.3 is 0 Å². The van der Waals surface area contributed by atoms with E-state index in [1.54, 1.807) is 5.31 Å². The summed E-state index contributed by atoms with van der Waals surface area (Å²) in [5.41, 5.74) is 9.36. The summed E-state index contributed by atoms with van der Waals surface area (Å²) >= 11 is 0. The van der Waals surface area contributed by atoms with Gasteiger partial charge in [0.05, 0.1) is 11.5 Å². The van der Waals surface area contributed by atoms with Gasteiger partial charge in [0.25, 0.3) is 0 Å². The van der Waals surface area contributed by atoms with Crippen LogP contribution < -0.4 is 0 Å². The van der Waals surface area contributed by atoms with Crippen LogP contribution >= 0.6 is 15.8 Å². The Balaban J connectivity index is 1.39.